The topological polar surface area (TPSA) is 27.7 Å². The molecule has 0 aliphatic carbocycles. The van der Waals surface area contributed by atoms with E-state index in [4.69, 9.17) is 13.3 Å². The number of rotatable bonds is 14. The fourth-order valence-electron chi connectivity index (χ4n) is 1.57. The van der Waals surface area contributed by atoms with Crippen molar-refractivity contribution in [1.82, 2.24) is 0 Å². The fourth-order valence-corrected chi connectivity index (χ4v) is 5.84. The van der Waals surface area contributed by atoms with E-state index < -0.39 is 8.80 Å². The van der Waals surface area contributed by atoms with Crippen molar-refractivity contribution in [3.8, 4) is 0 Å². The van der Waals surface area contributed by atoms with Gasteiger partial charge in [-0.2, -0.15) is 0 Å². The number of alkyl halides is 1. The summed E-state index contributed by atoms with van der Waals surface area (Å²) in [5.41, 5.74) is 0. The van der Waals surface area contributed by atoms with Crippen LogP contribution in [0.1, 0.15) is 59.3 Å². The Morgan fingerprint density at radius 2 is 1.11 bits per heavy atom. The van der Waals surface area contributed by atoms with Gasteiger partial charge in [0, 0.05) is 30.3 Å². The summed E-state index contributed by atoms with van der Waals surface area (Å²) in [5, 5.41) is 0. The zero-order valence-corrected chi connectivity index (χ0v) is 16.0. The third-order valence-electron chi connectivity index (χ3n) is 2.86. The molecule has 0 fully saturated rings. The van der Waals surface area contributed by atoms with Crippen molar-refractivity contribution in [2.24, 2.45) is 0 Å². The molecule has 0 aromatic heterocycles. The monoisotopic (exact) mass is 402 g/mol. The van der Waals surface area contributed by atoms with Gasteiger partial charge in [-0.3, -0.25) is 0 Å². The quantitative estimate of drug-likeness (QED) is 0.181. The predicted octanol–water partition coefficient (Wildman–Crippen LogP) is 4.81. The summed E-state index contributed by atoms with van der Waals surface area (Å²) in [4.78, 5) is 0. The average molecular weight is 402 g/mol. The van der Waals surface area contributed by atoms with Crippen molar-refractivity contribution in [1.29, 1.82) is 0 Å². The summed E-state index contributed by atoms with van der Waals surface area (Å²) in [7, 11) is -2.41. The van der Waals surface area contributed by atoms with Crippen LogP contribution in [-0.2, 0) is 13.3 Å². The second-order valence-electron chi connectivity index (χ2n) is 4.73. The Hall–Kier alpha value is 0.827. The third kappa shape index (κ3) is 10.2. The van der Waals surface area contributed by atoms with Gasteiger partial charge < -0.3 is 13.3 Å². The van der Waals surface area contributed by atoms with Crippen LogP contribution in [0.4, 0.5) is 0 Å². The van der Waals surface area contributed by atoms with Gasteiger partial charge in [-0.25, -0.2) is 0 Å². The highest BCUT2D eigenvalue weighted by Gasteiger charge is 2.40. The Morgan fingerprint density at radius 1 is 0.737 bits per heavy atom. The highest BCUT2D eigenvalue weighted by molar-refractivity contribution is 14.1. The molecule has 5 heteroatoms. The van der Waals surface area contributed by atoms with E-state index >= 15 is 0 Å². The Balaban J connectivity index is 4.37. The van der Waals surface area contributed by atoms with E-state index in [-0.39, 0.29) is 0 Å². The van der Waals surface area contributed by atoms with Gasteiger partial charge in [0.2, 0.25) is 0 Å². The molecule has 0 heterocycles. The van der Waals surface area contributed by atoms with E-state index in [1.165, 1.54) is 0 Å². The zero-order chi connectivity index (χ0) is 14.4. The number of unbranched alkanes of at least 4 members (excludes halogenated alkanes) is 3. The smallest absolute Gasteiger partial charge is 0.373 e. The molecular formula is C14H31IO3Si. The van der Waals surface area contributed by atoms with Crippen LogP contribution in [0.2, 0.25) is 6.04 Å². The van der Waals surface area contributed by atoms with E-state index in [0.29, 0.717) is 0 Å². The first-order chi connectivity index (χ1) is 9.24. The summed E-state index contributed by atoms with van der Waals surface area (Å²) < 4.78 is 19.3. The molecule has 0 saturated heterocycles. The SMILES string of the molecule is CCCCO[Si](CCI)(OCCCC)OCCCC. The number of hydrogen-bond donors (Lipinski definition) is 0. The summed E-state index contributed by atoms with van der Waals surface area (Å²) in [6, 6.07) is 0.935. The number of hydrogen-bond acceptors (Lipinski definition) is 3. The van der Waals surface area contributed by atoms with Crippen LogP contribution < -0.4 is 0 Å². The van der Waals surface area contributed by atoms with E-state index in [1.807, 2.05) is 0 Å². The lowest BCUT2D eigenvalue weighted by Crippen LogP contribution is -2.47. The Kier molecular flexibility index (Phi) is 14.4. The van der Waals surface area contributed by atoms with Crippen LogP contribution in [0.3, 0.4) is 0 Å². The maximum atomic E-state index is 6.09. The van der Waals surface area contributed by atoms with Crippen LogP contribution in [0.15, 0.2) is 0 Å². The minimum absolute atomic E-state index is 0.775. The third-order valence-corrected chi connectivity index (χ3v) is 7.21. The average Bonchev–Trinajstić information content (AvgIpc) is 2.40. The molecule has 116 valence electrons. The summed E-state index contributed by atoms with van der Waals surface area (Å²) in [6.45, 7) is 8.87. The zero-order valence-electron chi connectivity index (χ0n) is 12.9. The van der Waals surface area contributed by atoms with Crippen LogP contribution >= 0.6 is 22.6 Å². The lowest BCUT2D eigenvalue weighted by atomic mass is 10.4. The second kappa shape index (κ2) is 13.8. The van der Waals surface area contributed by atoms with Gasteiger partial charge in [0.05, 0.1) is 0 Å². The van der Waals surface area contributed by atoms with Gasteiger partial charge >= 0.3 is 8.80 Å². The highest BCUT2D eigenvalue weighted by Crippen LogP contribution is 2.19. The summed E-state index contributed by atoms with van der Waals surface area (Å²) in [6.07, 6.45) is 6.72. The van der Waals surface area contributed by atoms with Gasteiger partial charge in [0.15, 0.2) is 0 Å². The molecular weight excluding hydrogens is 371 g/mol. The largest absolute Gasteiger partial charge is 0.501 e. The van der Waals surface area contributed by atoms with Gasteiger partial charge in [-0.1, -0.05) is 62.6 Å². The second-order valence-corrected chi connectivity index (χ2v) is 8.54. The van der Waals surface area contributed by atoms with E-state index in [0.717, 1.165) is 68.8 Å². The molecule has 0 aliphatic heterocycles. The highest BCUT2D eigenvalue weighted by atomic mass is 127. The molecule has 0 N–H and O–H groups in total. The molecule has 0 aliphatic rings. The molecule has 19 heavy (non-hydrogen) atoms. The molecule has 0 atom stereocenters. The maximum Gasteiger partial charge on any atom is 0.501 e. The Bertz CT molecular complexity index is 167. The first-order valence-corrected chi connectivity index (χ1v) is 11.2. The molecule has 0 amide bonds. The van der Waals surface area contributed by atoms with Crippen molar-refractivity contribution in [3.05, 3.63) is 0 Å². The molecule has 0 radical (unpaired) electrons. The first kappa shape index (κ1) is 19.8. The summed E-state index contributed by atoms with van der Waals surface area (Å²) >= 11 is 2.39. The molecule has 0 aromatic carbocycles. The van der Waals surface area contributed by atoms with E-state index in [1.54, 1.807) is 0 Å². The normalized spacial score (nSPS) is 12.0. The lowest BCUT2D eigenvalue weighted by Gasteiger charge is -2.29. The van der Waals surface area contributed by atoms with Gasteiger partial charge in [-0.05, 0) is 19.3 Å². The van der Waals surface area contributed by atoms with Crippen molar-refractivity contribution in [2.75, 3.05) is 24.2 Å². The predicted molar refractivity (Wildman–Crippen MR) is 92.0 cm³/mol. The van der Waals surface area contributed by atoms with Crippen molar-refractivity contribution < 1.29 is 13.3 Å². The van der Waals surface area contributed by atoms with E-state index in [2.05, 4.69) is 43.4 Å². The molecule has 0 bridgehead atoms. The molecule has 3 nitrogen and oxygen atoms in total. The molecule has 0 unspecified atom stereocenters. The molecule has 0 saturated carbocycles. The number of halogens is 1. The van der Waals surface area contributed by atoms with Crippen LogP contribution in [0.25, 0.3) is 0 Å². The van der Waals surface area contributed by atoms with Crippen molar-refractivity contribution >= 4 is 31.4 Å². The molecule has 0 rings (SSSR count). The lowest BCUT2D eigenvalue weighted by molar-refractivity contribution is 0.0579. The van der Waals surface area contributed by atoms with Crippen LogP contribution in [0.5, 0.6) is 0 Å². The fraction of sp³-hybridized carbons (Fsp3) is 1.00. The maximum absolute atomic E-state index is 6.09. The molecule has 0 aromatic rings. The standard InChI is InChI=1S/C14H31IO3Si/c1-4-7-11-16-19(14-10-15,17-12-8-5-2)18-13-9-6-3/h4-14H2,1-3H3. The van der Waals surface area contributed by atoms with Gasteiger partial charge in [0.25, 0.3) is 0 Å². The van der Waals surface area contributed by atoms with Gasteiger partial charge in [-0.15, -0.1) is 0 Å². The minimum Gasteiger partial charge on any atom is -0.373 e. The van der Waals surface area contributed by atoms with Gasteiger partial charge in [0.1, 0.15) is 0 Å². The van der Waals surface area contributed by atoms with Crippen molar-refractivity contribution in [2.45, 2.75) is 65.3 Å². The van der Waals surface area contributed by atoms with Crippen LogP contribution in [-0.4, -0.2) is 33.1 Å². The molecule has 0 spiro atoms. The Labute approximate surface area is 134 Å². The summed E-state index contributed by atoms with van der Waals surface area (Å²) in [5.74, 6) is 0. The Morgan fingerprint density at radius 3 is 1.37 bits per heavy atom. The van der Waals surface area contributed by atoms with Crippen LogP contribution in [0, 0.1) is 0 Å². The minimum atomic E-state index is -2.41. The first-order valence-electron chi connectivity index (χ1n) is 7.72. The van der Waals surface area contributed by atoms with E-state index in [9.17, 15) is 0 Å². The van der Waals surface area contributed by atoms with Crippen molar-refractivity contribution in [3.63, 3.8) is 0 Å².